The molecule has 0 radical (unpaired) electrons. The maximum absolute atomic E-state index is 11.1. The number of carbonyl (C=O) groups is 1. The zero-order chi connectivity index (χ0) is 10.1. The fraction of sp³-hybridized carbons (Fsp3) is 0.100. The molecular formula is C10H8O4. The molecule has 0 saturated heterocycles. The zero-order valence-electron chi connectivity index (χ0n) is 7.18. The first-order chi connectivity index (χ1) is 6.68. The summed E-state index contributed by atoms with van der Waals surface area (Å²) >= 11 is 0. The van der Waals surface area contributed by atoms with E-state index >= 15 is 0 Å². The summed E-state index contributed by atoms with van der Waals surface area (Å²) in [5.41, 5.74) is 0.552. The molecule has 4 nitrogen and oxygen atoms in total. The number of carbonyl (C=O) groups excluding carboxylic acids is 1. The van der Waals surface area contributed by atoms with Gasteiger partial charge in [-0.1, -0.05) is 18.2 Å². The van der Waals surface area contributed by atoms with E-state index < -0.39 is 12.1 Å². The van der Waals surface area contributed by atoms with Crippen molar-refractivity contribution in [3.05, 3.63) is 36.1 Å². The Balaban J connectivity index is 2.50. The Labute approximate surface area is 79.4 Å². The van der Waals surface area contributed by atoms with Crippen molar-refractivity contribution < 1.29 is 19.4 Å². The Kier molecular flexibility index (Phi) is 2.07. The topological polar surface area (TPSA) is 70.7 Å². The van der Waals surface area contributed by atoms with Crippen LogP contribution in [-0.4, -0.2) is 22.3 Å². The van der Waals surface area contributed by atoms with Crippen LogP contribution in [0.1, 0.15) is 10.6 Å². The van der Waals surface area contributed by atoms with Crippen molar-refractivity contribution in [2.45, 2.75) is 6.29 Å². The zero-order valence-corrected chi connectivity index (χ0v) is 7.18. The summed E-state index contributed by atoms with van der Waals surface area (Å²) in [7, 11) is 0. The fourth-order valence-corrected chi connectivity index (χ4v) is 1.23. The first-order valence-electron chi connectivity index (χ1n) is 4.07. The summed E-state index contributed by atoms with van der Waals surface area (Å²) in [6, 6.07) is 8.54. The minimum atomic E-state index is -2.02. The molecule has 0 aliphatic rings. The van der Waals surface area contributed by atoms with E-state index in [0.29, 0.717) is 5.58 Å². The van der Waals surface area contributed by atoms with Gasteiger partial charge in [-0.25, -0.2) is 0 Å². The molecule has 0 bridgehead atoms. The molecule has 0 spiro atoms. The highest BCUT2D eigenvalue weighted by atomic mass is 16.5. The SMILES string of the molecule is O=C(c1cc2ccccc2o1)C(O)O. The van der Waals surface area contributed by atoms with Crippen LogP contribution in [0.5, 0.6) is 0 Å². The van der Waals surface area contributed by atoms with Gasteiger partial charge in [0, 0.05) is 5.39 Å². The Morgan fingerprint density at radius 2 is 2.00 bits per heavy atom. The molecule has 4 heteroatoms. The van der Waals surface area contributed by atoms with Crippen LogP contribution < -0.4 is 0 Å². The number of ketones is 1. The van der Waals surface area contributed by atoms with Crippen molar-refractivity contribution >= 4 is 16.8 Å². The maximum atomic E-state index is 11.1. The molecule has 0 saturated carbocycles. The summed E-state index contributed by atoms with van der Waals surface area (Å²) < 4.78 is 5.12. The van der Waals surface area contributed by atoms with Gasteiger partial charge in [0.05, 0.1) is 0 Å². The van der Waals surface area contributed by atoms with E-state index in [2.05, 4.69) is 0 Å². The van der Waals surface area contributed by atoms with Gasteiger partial charge in [0.25, 0.3) is 5.78 Å². The lowest BCUT2D eigenvalue weighted by molar-refractivity contribution is -0.0211. The van der Waals surface area contributed by atoms with Gasteiger partial charge in [-0.3, -0.25) is 4.79 Å². The second-order valence-corrected chi connectivity index (χ2v) is 2.89. The van der Waals surface area contributed by atoms with Gasteiger partial charge in [0.2, 0.25) is 6.29 Å². The number of hydrogen-bond acceptors (Lipinski definition) is 4. The van der Waals surface area contributed by atoms with E-state index in [4.69, 9.17) is 14.6 Å². The highest BCUT2D eigenvalue weighted by Gasteiger charge is 2.18. The number of aliphatic hydroxyl groups is 2. The van der Waals surface area contributed by atoms with E-state index in [9.17, 15) is 4.79 Å². The van der Waals surface area contributed by atoms with Gasteiger partial charge in [-0.2, -0.15) is 0 Å². The lowest BCUT2D eigenvalue weighted by atomic mass is 10.2. The van der Waals surface area contributed by atoms with Crippen LogP contribution in [0.2, 0.25) is 0 Å². The fourth-order valence-electron chi connectivity index (χ4n) is 1.23. The molecule has 2 N–H and O–H groups in total. The molecule has 0 atom stereocenters. The lowest BCUT2D eigenvalue weighted by Crippen LogP contribution is -2.18. The summed E-state index contributed by atoms with van der Waals surface area (Å²) in [4.78, 5) is 11.1. The molecule has 1 aromatic heterocycles. The first kappa shape index (κ1) is 8.93. The minimum Gasteiger partial charge on any atom is -0.453 e. The predicted molar refractivity (Wildman–Crippen MR) is 48.8 cm³/mol. The molecule has 2 aromatic rings. The van der Waals surface area contributed by atoms with Gasteiger partial charge in [0.1, 0.15) is 5.58 Å². The molecule has 2 rings (SSSR count). The highest BCUT2D eigenvalue weighted by Crippen LogP contribution is 2.19. The smallest absolute Gasteiger partial charge is 0.253 e. The van der Waals surface area contributed by atoms with E-state index in [1.807, 2.05) is 6.07 Å². The van der Waals surface area contributed by atoms with Crippen LogP contribution in [0.4, 0.5) is 0 Å². The van der Waals surface area contributed by atoms with Gasteiger partial charge in [0.15, 0.2) is 5.76 Å². The number of benzene rings is 1. The molecule has 1 aromatic carbocycles. The van der Waals surface area contributed by atoms with Crippen LogP contribution >= 0.6 is 0 Å². The maximum Gasteiger partial charge on any atom is 0.253 e. The molecule has 1 heterocycles. The Morgan fingerprint density at radius 1 is 1.29 bits per heavy atom. The number of Topliss-reactive ketones (excluding diaryl/α,β-unsaturated/α-hetero) is 1. The van der Waals surface area contributed by atoms with Gasteiger partial charge in [-0.15, -0.1) is 0 Å². The van der Waals surface area contributed by atoms with Crippen LogP contribution in [0.15, 0.2) is 34.7 Å². The van der Waals surface area contributed by atoms with E-state index in [1.54, 1.807) is 18.2 Å². The predicted octanol–water partition coefficient (Wildman–Crippen LogP) is 0.926. The summed E-state index contributed by atoms with van der Waals surface area (Å²) in [5.74, 6) is -0.873. The van der Waals surface area contributed by atoms with Crippen LogP contribution in [0.25, 0.3) is 11.0 Å². The third-order valence-electron chi connectivity index (χ3n) is 1.90. The Morgan fingerprint density at radius 3 is 2.64 bits per heavy atom. The monoisotopic (exact) mass is 192 g/mol. The van der Waals surface area contributed by atoms with Crippen molar-refractivity contribution in [3.8, 4) is 0 Å². The van der Waals surface area contributed by atoms with Crippen molar-refractivity contribution in [2.24, 2.45) is 0 Å². The number of para-hydroxylation sites is 1. The number of furan rings is 1. The van der Waals surface area contributed by atoms with Crippen LogP contribution in [0, 0.1) is 0 Å². The standard InChI is InChI=1S/C10H8O4/c11-9(10(12)13)8-5-6-3-1-2-4-7(6)14-8/h1-5,10,12-13H. The van der Waals surface area contributed by atoms with E-state index in [0.717, 1.165) is 5.39 Å². The minimum absolute atomic E-state index is 0.0406. The average molecular weight is 192 g/mol. The quantitative estimate of drug-likeness (QED) is 0.548. The van der Waals surface area contributed by atoms with Crippen LogP contribution in [-0.2, 0) is 0 Å². The molecular weight excluding hydrogens is 184 g/mol. The van der Waals surface area contributed by atoms with Gasteiger partial charge < -0.3 is 14.6 Å². The number of rotatable bonds is 2. The third-order valence-corrected chi connectivity index (χ3v) is 1.90. The molecule has 0 fully saturated rings. The van der Waals surface area contributed by atoms with E-state index in [1.165, 1.54) is 6.07 Å². The van der Waals surface area contributed by atoms with Gasteiger partial charge in [-0.05, 0) is 12.1 Å². The second kappa shape index (κ2) is 3.25. The van der Waals surface area contributed by atoms with Crippen molar-refractivity contribution in [1.29, 1.82) is 0 Å². The molecule has 0 amide bonds. The van der Waals surface area contributed by atoms with Crippen molar-refractivity contribution in [2.75, 3.05) is 0 Å². The Bertz CT molecular complexity index is 437. The first-order valence-corrected chi connectivity index (χ1v) is 4.07. The average Bonchev–Trinajstić information content (AvgIpc) is 2.59. The normalized spacial score (nSPS) is 11.1. The molecule has 0 unspecified atom stereocenters. The van der Waals surface area contributed by atoms with E-state index in [-0.39, 0.29) is 5.76 Å². The molecule has 0 aliphatic carbocycles. The van der Waals surface area contributed by atoms with Crippen LogP contribution in [0.3, 0.4) is 0 Å². The summed E-state index contributed by atoms with van der Waals surface area (Å²) in [6.07, 6.45) is -2.02. The Hall–Kier alpha value is -1.65. The number of hydrogen-bond donors (Lipinski definition) is 2. The molecule has 72 valence electrons. The third kappa shape index (κ3) is 1.41. The number of aliphatic hydroxyl groups excluding tert-OH is 1. The highest BCUT2D eigenvalue weighted by molar-refractivity contribution is 5.99. The lowest BCUT2D eigenvalue weighted by Gasteiger charge is -1.96. The van der Waals surface area contributed by atoms with Crippen molar-refractivity contribution in [3.63, 3.8) is 0 Å². The largest absolute Gasteiger partial charge is 0.453 e. The summed E-state index contributed by atoms with van der Waals surface area (Å²) in [5, 5.41) is 18.1. The second-order valence-electron chi connectivity index (χ2n) is 2.89. The number of fused-ring (bicyclic) bond motifs is 1. The molecule has 0 aliphatic heterocycles. The van der Waals surface area contributed by atoms with Crippen molar-refractivity contribution in [1.82, 2.24) is 0 Å². The molecule has 14 heavy (non-hydrogen) atoms. The summed E-state index contributed by atoms with van der Waals surface area (Å²) in [6.45, 7) is 0. The van der Waals surface area contributed by atoms with Gasteiger partial charge >= 0.3 is 0 Å².